The normalized spacial score (nSPS) is 15.3. The molecule has 1 heterocycles. The molecule has 0 unspecified atom stereocenters. The molecule has 0 saturated heterocycles. The van der Waals surface area contributed by atoms with Crippen LogP contribution < -0.4 is 10.2 Å². The van der Waals surface area contributed by atoms with Crippen LogP contribution in [0.4, 0.5) is 5.82 Å². The highest BCUT2D eigenvalue weighted by Gasteiger charge is 2.30. The minimum absolute atomic E-state index is 0.661. The van der Waals surface area contributed by atoms with Crippen LogP contribution in [0.15, 0.2) is 12.4 Å². The summed E-state index contributed by atoms with van der Waals surface area (Å²) < 4.78 is 0. The first-order chi connectivity index (χ1) is 8.20. The van der Waals surface area contributed by atoms with Gasteiger partial charge in [0.2, 0.25) is 0 Å². The fourth-order valence-electron chi connectivity index (χ4n) is 1.98. The van der Waals surface area contributed by atoms with Crippen LogP contribution in [0.2, 0.25) is 0 Å². The molecule has 0 radical (unpaired) electrons. The Bertz CT molecular complexity index is 343. The Balaban J connectivity index is 2.07. The molecule has 0 aliphatic heterocycles. The highest BCUT2D eigenvalue weighted by atomic mass is 15.2. The first-order valence-corrected chi connectivity index (χ1v) is 6.43. The van der Waals surface area contributed by atoms with E-state index in [1.165, 1.54) is 12.8 Å². The van der Waals surface area contributed by atoms with Gasteiger partial charge in [-0.05, 0) is 25.8 Å². The Hall–Kier alpha value is -1.16. The van der Waals surface area contributed by atoms with Crippen molar-refractivity contribution in [3.63, 3.8) is 0 Å². The Morgan fingerprint density at radius 2 is 2.12 bits per heavy atom. The lowest BCUT2D eigenvalue weighted by molar-refractivity contribution is 0.601. The summed E-state index contributed by atoms with van der Waals surface area (Å²) in [5.74, 6) is 1.69. The second kappa shape index (κ2) is 5.45. The summed E-state index contributed by atoms with van der Waals surface area (Å²) in [5, 5.41) is 3.08. The van der Waals surface area contributed by atoms with Crippen molar-refractivity contribution in [3.05, 3.63) is 18.1 Å². The Labute approximate surface area is 103 Å². The monoisotopic (exact) mass is 234 g/mol. The topological polar surface area (TPSA) is 41.1 Å². The highest BCUT2D eigenvalue weighted by molar-refractivity contribution is 5.39. The van der Waals surface area contributed by atoms with E-state index in [0.717, 1.165) is 24.6 Å². The van der Waals surface area contributed by atoms with Gasteiger partial charge in [0.1, 0.15) is 5.82 Å². The number of aromatic nitrogens is 2. The Morgan fingerprint density at radius 3 is 2.59 bits per heavy atom. The number of hydrogen-bond donors (Lipinski definition) is 1. The zero-order chi connectivity index (χ0) is 12.3. The summed E-state index contributed by atoms with van der Waals surface area (Å²) in [4.78, 5) is 11.4. The summed E-state index contributed by atoms with van der Waals surface area (Å²) in [6.07, 6.45) is 6.38. The SMILES string of the molecule is CNCc1cnc(N(CC(C)C)C2CC2)cn1. The van der Waals surface area contributed by atoms with Crippen molar-refractivity contribution in [1.82, 2.24) is 15.3 Å². The zero-order valence-corrected chi connectivity index (χ0v) is 11.0. The maximum atomic E-state index is 4.54. The van der Waals surface area contributed by atoms with Gasteiger partial charge < -0.3 is 10.2 Å². The maximum absolute atomic E-state index is 4.54. The molecule has 1 aromatic heterocycles. The van der Waals surface area contributed by atoms with Crippen LogP contribution >= 0.6 is 0 Å². The molecular formula is C13H22N4. The van der Waals surface area contributed by atoms with Crippen molar-refractivity contribution >= 4 is 5.82 Å². The number of rotatable bonds is 6. The first kappa shape index (κ1) is 12.3. The predicted molar refractivity (Wildman–Crippen MR) is 70.0 cm³/mol. The predicted octanol–water partition coefficient (Wildman–Crippen LogP) is 1.82. The summed E-state index contributed by atoms with van der Waals surface area (Å²) in [6.45, 7) is 6.35. The van der Waals surface area contributed by atoms with Gasteiger partial charge in [-0.25, -0.2) is 4.98 Å². The van der Waals surface area contributed by atoms with Gasteiger partial charge in [-0.3, -0.25) is 4.98 Å². The van der Waals surface area contributed by atoms with Gasteiger partial charge in [0.05, 0.1) is 18.1 Å². The number of nitrogens with zero attached hydrogens (tertiary/aromatic N) is 3. The van der Waals surface area contributed by atoms with Crippen molar-refractivity contribution in [1.29, 1.82) is 0 Å². The molecule has 1 aromatic rings. The van der Waals surface area contributed by atoms with Gasteiger partial charge in [-0.2, -0.15) is 0 Å². The molecule has 0 spiro atoms. The van der Waals surface area contributed by atoms with Gasteiger partial charge >= 0.3 is 0 Å². The molecule has 1 N–H and O–H groups in total. The fourth-order valence-corrected chi connectivity index (χ4v) is 1.98. The molecule has 1 fully saturated rings. The van der Waals surface area contributed by atoms with E-state index in [4.69, 9.17) is 0 Å². The van der Waals surface area contributed by atoms with Crippen LogP contribution in [-0.2, 0) is 6.54 Å². The quantitative estimate of drug-likeness (QED) is 0.815. The molecule has 0 amide bonds. The lowest BCUT2D eigenvalue weighted by Gasteiger charge is -2.25. The van der Waals surface area contributed by atoms with Crippen molar-refractivity contribution < 1.29 is 0 Å². The second-order valence-electron chi connectivity index (χ2n) is 5.17. The molecule has 1 aliphatic carbocycles. The van der Waals surface area contributed by atoms with Crippen LogP contribution in [-0.4, -0.2) is 29.6 Å². The average molecular weight is 234 g/mol. The van der Waals surface area contributed by atoms with E-state index < -0.39 is 0 Å². The van der Waals surface area contributed by atoms with E-state index >= 15 is 0 Å². The Kier molecular flexibility index (Phi) is 3.94. The largest absolute Gasteiger partial charge is 0.352 e. The molecule has 2 rings (SSSR count). The molecule has 0 aromatic carbocycles. The van der Waals surface area contributed by atoms with Crippen LogP contribution in [0.5, 0.6) is 0 Å². The van der Waals surface area contributed by atoms with Crippen molar-refractivity contribution in [3.8, 4) is 0 Å². The zero-order valence-electron chi connectivity index (χ0n) is 11.0. The van der Waals surface area contributed by atoms with E-state index in [1.807, 2.05) is 19.4 Å². The smallest absolute Gasteiger partial charge is 0.147 e. The number of nitrogens with one attached hydrogen (secondary N) is 1. The van der Waals surface area contributed by atoms with Gasteiger partial charge in [-0.15, -0.1) is 0 Å². The molecule has 1 saturated carbocycles. The molecule has 4 nitrogen and oxygen atoms in total. The van der Waals surface area contributed by atoms with E-state index in [1.54, 1.807) is 0 Å². The summed E-state index contributed by atoms with van der Waals surface area (Å²) >= 11 is 0. The molecule has 94 valence electrons. The van der Waals surface area contributed by atoms with Gasteiger partial charge in [0.25, 0.3) is 0 Å². The maximum Gasteiger partial charge on any atom is 0.147 e. The fraction of sp³-hybridized carbons (Fsp3) is 0.692. The second-order valence-corrected chi connectivity index (χ2v) is 5.17. The van der Waals surface area contributed by atoms with Crippen LogP contribution in [0.1, 0.15) is 32.4 Å². The highest BCUT2D eigenvalue weighted by Crippen LogP contribution is 2.30. The van der Waals surface area contributed by atoms with E-state index in [9.17, 15) is 0 Å². The lowest BCUT2D eigenvalue weighted by Crippen LogP contribution is -2.30. The third kappa shape index (κ3) is 3.40. The minimum Gasteiger partial charge on any atom is -0.352 e. The van der Waals surface area contributed by atoms with E-state index in [2.05, 4.69) is 34.0 Å². The molecule has 4 heteroatoms. The standard InChI is InChI=1S/C13H22N4/c1-10(2)9-17(12-4-5-12)13-8-15-11(6-14-3)7-16-13/h7-8,10,12,14H,4-6,9H2,1-3H3. The van der Waals surface area contributed by atoms with Crippen molar-refractivity contribution in [2.24, 2.45) is 5.92 Å². The number of hydrogen-bond acceptors (Lipinski definition) is 4. The van der Waals surface area contributed by atoms with Gasteiger partial charge in [0.15, 0.2) is 0 Å². The molecule has 0 atom stereocenters. The number of anilines is 1. The van der Waals surface area contributed by atoms with Crippen molar-refractivity contribution in [2.45, 2.75) is 39.3 Å². The van der Waals surface area contributed by atoms with Gasteiger partial charge in [0, 0.05) is 19.1 Å². The Morgan fingerprint density at radius 1 is 1.35 bits per heavy atom. The van der Waals surface area contributed by atoms with E-state index in [0.29, 0.717) is 12.0 Å². The summed E-state index contributed by atoms with van der Waals surface area (Å²) in [6, 6.07) is 0.696. The minimum atomic E-state index is 0.661. The third-order valence-electron chi connectivity index (χ3n) is 2.89. The lowest BCUT2D eigenvalue weighted by atomic mass is 10.2. The molecular weight excluding hydrogens is 212 g/mol. The van der Waals surface area contributed by atoms with E-state index in [-0.39, 0.29) is 0 Å². The first-order valence-electron chi connectivity index (χ1n) is 6.43. The molecule has 0 bridgehead atoms. The van der Waals surface area contributed by atoms with Crippen molar-refractivity contribution in [2.75, 3.05) is 18.5 Å². The summed E-state index contributed by atoms with van der Waals surface area (Å²) in [7, 11) is 1.92. The summed E-state index contributed by atoms with van der Waals surface area (Å²) in [5.41, 5.74) is 0.997. The molecule has 1 aliphatic rings. The molecule has 17 heavy (non-hydrogen) atoms. The van der Waals surface area contributed by atoms with Crippen LogP contribution in [0.3, 0.4) is 0 Å². The van der Waals surface area contributed by atoms with Gasteiger partial charge in [-0.1, -0.05) is 13.8 Å². The average Bonchev–Trinajstić information content (AvgIpc) is 3.11. The van der Waals surface area contributed by atoms with Crippen LogP contribution in [0, 0.1) is 5.92 Å². The van der Waals surface area contributed by atoms with Crippen LogP contribution in [0.25, 0.3) is 0 Å². The third-order valence-corrected chi connectivity index (χ3v) is 2.89.